The number of aromatic nitrogens is 2. The summed E-state index contributed by atoms with van der Waals surface area (Å²) in [6.45, 7) is 5.91. The van der Waals surface area contributed by atoms with Crippen molar-refractivity contribution in [3.8, 4) is 0 Å². The van der Waals surface area contributed by atoms with E-state index in [4.69, 9.17) is 16.3 Å². The summed E-state index contributed by atoms with van der Waals surface area (Å²) in [5, 5.41) is 7.79. The normalized spacial score (nSPS) is 24.9. The van der Waals surface area contributed by atoms with Gasteiger partial charge >= 0.3 is 5.97 Å². The van der Waals surface area contributed by atoms with Crippen molar-refractivity contribution in [2.24, 2.45) is 5.92 Å². The van der Waals surface area contributed by atoms with Gasteiger partial charge in [0.2, 0.25) is 5.91 Å². The Hall–Kier alpha value is -2.87. The molecular formula is C24H29ClN4O4. The van der Waals surface area contributed by atoms with Crippen LogP contribution < -0.4 is 10.2 Å². The van der Waals surface area contributed by atoms with E-state index in [1.807, 2.05) is 13.0 Å². The number of rotatable bonds is 4. The summed E-state index contributed by atoms with van der Waals surface area (Å²) in [7, 11) is 1.25. The molecule has 2 amide bonds. The molecule has 0 unspecified atom stereocenters. The fraction of sp³-hybridized carbons (Fsp3) is 0.500. The van der Waals surface area contributed by atoms with Gasteiger partial charge in [0.15, 0.2) is 5.69 Å². The lowest BCUT2D eigenvalue weighted by Gasteiger charge is -2.44. The monoisotopic (exact) mass is 472 g/mol. The number of benzene rings is 1. The topological polar surface area (TPSA) is 93.5 Å². The summed E-state index contributed by atoms with van der Waals surface area (Å²) >= 11 is 6.55. The van der Waals surface area contributed by atoms with Crippen LogP contribution in [-0.2, 0) is 16.1 Å². The molecule has 0 radical (unpaired) electrons. The molecule has 1 fully saturated rings. The third kappa shape index (κ3) is 4.24. The van der Waals surface area contributed by atoms with E-state index in [1.54, 1.807) is 19.1 Å². The molecule has 1 N–H and O–H groups in total. The molecule has 0 bridgehead atoms. The number of hydrogen-bond acceptors (Lipinski definition) is 5. The van der Waals surface area contributed by atoms with Crippen molar-refractivity contribution >= 4 is 35.1 Å². The largest absolute Gasteiger partial charge is 0.464 e. The van der Waals surface area contributed by atoms with Gasteiger partial charge in [0.25, 0.3) is 5.91 Å². The lowest BCUT2D eigenvalue weighted by Crippen LogP contribution is -2.65. The lowest BCUT2D eigenvalue weighted by atomic mass is 9.86. The van der Waals surface area contributed by atoms with E-state index in [0.717, 1.165) is 31.2 Å². The Morgan fingerprint density at radius 2 is 1.91 bits per heavy atom. The van der Waals surface area contributed by atoms with E-state index in [1.165, 1.54) is 22.8 Å². The highest BCUT2D eigenvalue weighted by molar-refractivity contribution is 6.34. The van der Waals surface area contributed by atoms with Crippen molar-refractivity contribution in [2.45, 2.75) is 64.6 Å². The Kier molecular flexibility index (Phi) is 6.22. The van der Waals surface area contributed by atoms with Crippen LogP contribution in [0.15, 0.2) is 24.3 Å². The van der Waals surface area contributed by atoms with Gasteiger partial charge in [-0.15, -0.1) is 0 Å². The molecule has 1 aliphatic carbocycles. The predicted octanol–water partition coefficient (Wildman–Crippen LogP) is 3.75. The van der Waals surface area contributed by atoms with Crippen molar-refractivity contribution < 1.29 is 19.1 Å². The van der Waals surface area contributed by atoms with E-state index in [2.05, 4.69) is 17.3 Å². The van der Waals surface area contributed by atoms with Gasteiger partial charge in [-0.3, -0.25) is 19.2 Å². The van der Waals surface area contributed by atoms with Crippen LogP contribution in [0, 0.1) is 12.8 Å². The van der Waals surface area contributed by atoms with Gasteiger partial charge in [0.1, 0.15) is 11.2 Å². The van der Waals surface area contributed by atoms with Crippen molar-refractivity contribution in [3.63, 3.8) is 0 Å². The summed E-state index contributed by atoms with van der Waals surface area (Å²) in [5.74, 6) is -0.722. The Morgan fingerprint density at radius 3 is 2.55 bits per heavy atom. The van der Waals surface area contributed by atoms with Gasteiger partial charge in [-0.2, -0.15) is 5.10 Å². The average molecular weight is 473 g/mol. The molecule has 1 atom stereocenters. The summed E-state index contributed by atoms with van der Waals surface area (Å²) in [4.78, 5) is 40.9. The van der Waals surface area contributed by atoms with Crippen LogP contribution in [0.2, 0.25) is 5.02 Å². The van der Waals surface area contributed by atoms with Crippen LogP contribution >= 0.6 is 11.6 Å². The highest BCUT2D eigenvalue weighted by atomic mass is 35.5. The number of halogens is 1. The molecule has 2 aliphatic rings. The molecule has 1 aromatic carbocycles. The molecule has 2 heterocycles. The van der Waals surface area contributed by atoms with E-state index in [-0.39, 0.29) is 29.9 Å². The molecule has 176 valence electrons. The minimum atomic E-state index is -1.30. The second-order valence-corrected chi connectivity index (χ2v) is 9.77. The van der Waals surface area contributed by atoms with E-state index in [0.29, 0.717) is 16.6 Å². The summed E-state index contributed by atoms with van der Waals surface area (Å²) < 4.78 is 6.17. The Balaban J connectivity index is 1.76. The van der Waals surface area contributed by atoms with Crippen molar-refractivity contribution in [1.29, 1.82) is 0 Å². The van der Waals surface area contributed by atoms with Gasteiger partial charge < -0.3 is 10.1 Å². The van der Waals surface area contributed by atoms with Crippen LogP contribution in [0.3, 0.4) is 0 Å². The molecule has 9 heteroatoms. The molecule has 4 rings (SSSR count). The summed E-state index contributed by atoms with van der Waals surface area (Å²) in [6.07, 6.45) is 3.92. The van der Waals surface area contributed by atoms with Crippen molar-refractivity contribution in [1.82, 2.24) is 15.1 Å². The molecule has 1 saturated carbocycles. The SMILES string of the molecule is COC(=O)c1cc2n(n1)C[C@](C)(C(=O)NC1CCC(C)CC1)N(c1ccc(C)cc1Cl)C2=O. The molecule has 1 aliphatic heterocycles. The number of esters is 1. The molecular weight excluding hydrogens is 444 g/mol. The quantitative estimate of drug-likeness (QED) is 0.684. The minimum Gasteiger partial charge on any atom is -0.464 e. The first-order chi connectivity index (χ1) is 15.6. The summed E-state index contributed by atoms with van der Waals surface area (Å²) in [5.41, 5.74) is 0.291. The minimum absolute atomic E-state index is 0.0155. The molecule has 0 spiro atoms. The fourth-order valence-corrected chi connectivity index (χ4v) is 5.02. The third-order valence-electron chi connectivity index (χ3n) is 6.73. The number of ether oxygens (including phenoxy) is 1. The number of carbonyl (C=O) groups is 3. The number of fused-ring (bicyclic) bond motifs is 1. The number of methoxy groups -OCH3 is 1. The zero-order chi connectivity index (χ0) is 23.9. The highest BCUT2D eigenvalue weighted by Gasteiger charge is 2.50. The number of hydrogen-bond donors (Lipinski definition) is 1. The van der Waals surface area contributed by atoms with Gasteiger partial charge in [-0.1, -0.05) is 24.6 Å². The van der Waals surface area contributed by atoms with Crippen LogP contribution in [-0.4, -0.2) is 46.3 Å². The van der Waals surface area contributed by atoms with Gasteiger partial charge in [-0.25, -0.2) is 4.79 Å². The first kappa shape index (κ1) is 23.3. The van der Waals surface area contributed by atoms with Crippen LogP contribution in [0.5, 0.6) is 0 Å². The molecule has 8 nitrogen and oxygen atoms in total. The Morgan fingerprint density at radius 1 is 1.21 bits per heavy atom. The van der Waals surface area contributed by atoms with Crippen molar-refractivity contribution in [3.05, 3.63) is 46.2 Å². The van der Waals surface area contributed by atoms with Gasteiger partial charge in [0.05, 0.1) is 24.4 Å². The number of nitrogens with one attached hydrogen (secondary N) is 1. The lowest BCUT2D eigenvalue weighted by molar-refractivity contribution is -0.127. The van der Waals surface area contributed by atoms with Crippen LogP contribution in [0.25, 0.3) is 0 Å². The van der Waals surface area contributed by atoms with Gasteiger partial charge in [0, 0.05) is 12.1 Å². The Labute approximate surface area is 198 Å². The molecule has 33 heavy (non-hydrogen) atoms. The maximum absolute atomic E-state index is 13.7. The molecule has 2 aromatic rings. The number of aryl methyl sites for hydroxylation is 1. The third-order valence-corrected chi connectivity index (χ3v) is 7.03. The second-order valence-electron chi connectivity index (χ2n) is 9.36. The standard InChI is InChI=1S/C24H29ClN4O4/c1-14-5-8-16(9-6-14)26-23(32)24(3)13-28-20(12-18(27-28)22(31)33-4)21(30)29(24)19-10-7-15(2)11-17(19)25/h7,10-12,14,16H,5-6,8-9,13H2,1-4H3,(H,26,32)/t14?,16?,24-/m1/s1. The number of carbonyl (C=O) groups excluding carboxylic acids is 3. The Bertz CT molecular complexity index is 1110. The van der Waals surface area contributed by atoms with E-state index in [9.17, 15) is 14.4 Å². The zero-order valence-corrected chi connectivity index (χ0v) is 20.1. The summed E-state index contributed by atoms with van der Waals surface area (Å²) in [6, 6.07) is 6.80. The molecule has 1 aromatic heterocycles. The maximum Gasteiger partial charge on any atom is 0.358 e. The maximum atomic E-state index is 13.7. The first-order valence-electron chi connectivity index (χ1n) is 11.2. The van der Waals surface area contributed by atoms with Gasteiger partial charge in [-0.05, 0) is 63.1 Å². The number of nitrogens with zero attached hydrogens (tertiary/aromatic N) is 3. The van der Waals surface area contributed by atoms with Crippen molar-refractivity contribution in [2.75, 3.05) is 12.0 Å². The average Bonchev–Trinajstić information content (AvgIpc) is 3.20. The van der Waals surface area contributed by atoms with E-state index >= 15 is 0 Å². The highest BCUT2D eigenvalue weighted by Crippen LogP contribution is 2.37. The zero-order valence-electron chi connectivity index (χ0n) is 19.4. The smallest absolute Gasteiger partial charge is 0.358 e. The second kappa shape index (κ2) is 8.82. The number of amides is 2. The predicted molar refractivity (Wildman–Crippen MR) is 125 cm³/mol. The molecule has 0 saturated heterocycles. The number of anilines is 1. The van der Waals surface area contributed by atoms with Crippen LogP contribution in [0.1, 0.15) is 66.1 Å². The van der Waals surface area contributed by atoms with E-state index < -0.39 is 17.4 Å². The first-order valence-corrected chi connectivity index (χ1v) is 11.6. The van der Waals surface area contributed by atoms with Crippen LogP contribution in [0.4, 0.5) is 5.69 Å². The fourth-order valence-electron chi connectivity index (χ4n) is 4.70.